The smallest absolute Gasteiger partial charge is 0.0847 e. The predicted molar refractivity (Wildman–Crippen MR) is 57.8 cm³/mol. The van der Waals surface area contributed by atoms with Gasteiger partial charge in [0.2, 0.25) is 0 Å². The second-order valence-electron chi connectivity index (χ2n) is 3.64. The van der Waals surface area contributed by atoms with E-state index in [1.165, 1.54) is 10.4 Å². The summed E-state index contributed by atoms with van der Waals surface area (Å²) in [7, 11) is 2.08. The zero-order chi connectivity index (χ0) is 9.26. The zero-order valence-electron chi connectivity index (χ0n) is 8.03. The van der Waals surface area contributed by atoms with E-state index in [0.29, 0.717) is 5.92 Å². The van der Waals surface area contributed by atoms with Crippen LogP contribution in [-0.2, 0) is 0 Å². The topological polar surface area (TPSA) is 15.6 Å². The van der Waals surface area contributed by atoms with Crippen LogP contribution in [0.3, 0.4) is 0 Å². The van der Waals surface area contributed by atoms with Gasteiger partial charge in [0, 0.05) is 30.9 Å². The van der Waals surface area contributed by atoms with Crippen molar-refractivity contribution in [2.45, 2.75) is 12.8 Å². The third-order valence-electron chi connectivity index (χ3n) is 2.27. The molecule has 3 heteroatoms. The fourth-order valence-electron chi connectivity index (χ4n) is 1.61. The average molecular weight is 194 g/mol. The highest BCUT2D eigenvalue weighted by atomic mass is 32.1. The van der Waals surface area contributed by atoms with Crippen LogP contribution in [0.2, 0.25) is 0 Å². The molecule has 0 aromatic carbocycles. The molecule has 0 amide bonds. The third kappa shape index (κ3) is 1.91. The lowest BCUT2D eigenvalue weighted by Gasteiger charge is -2.24. The van der Waals surface area contributed by atoms with Crippen LogP contribution in [0, 0.1) is 6.92 Å². The van der Waals surface area contributed by atoms with Crippen LogP contribution < -0.4 is 0 Å². The molecule has 0 fully saturated rings. The quantitative estimate of drug-likeness (QED) is 0.668. The Bertz CT molecular complexity index is 316. The van der Waals surface area contributed by atoms with Crippen molar-refractivity contribution in [3.8, 4) is 0 Å². The number of rotatable bonds is 1. The molecule has 0 saturated heterocycles. The largest absolute Gasteiger partial charge is 0.365 e. The normalized spacial score (nSPS) is 22.3. The Hall–Kier alpha value is -0.830. The lowest BCUT2D eigenvalue weighted by atomic mass is 10.1. The molecule has 0 aliphatic carbocycles. The van der Waals surface area contributed by atoms with E-state index >= 15 is 0 Å². The van der Waals surface area contributed by atoms with E-state index in [1.54, 1.807) is 0 Å². The van der Waals surface area contributed by atoms with Gasteiger partial charge in [-0.1, -0.05) is 0 Å². The molecule has 70 valence electrons. The molecule has 0 spiro atoms. The molecule has 1 aliphatic rings. The monoisotopic (exact) mass is 194 g/mol. The molecular weight excluding hydrogens is 180 g/mol. The van der Waals surface area contributed by atoms with Crippen LogP contribution in [0.4, 0.5) is 0 Å². The molecule has 0 bridgehead atoms. The number of aliphatic imine (C=N–C) groups is 1. The average Bonchev–Trinajstić information content (AvgIpc) is 2.52. The van der Waals surface area contributed by atoms with Crippen LogP contribution in [0.25, 0.3) is 0 Å². The number of likely N-dealkylation sites (N-methyl/N-ethyl adjacent to an activating group) is 1. The molecule has 2 heterocycles. The Morgan fingerprint density at radius 2 is 2.46 bits per heavy atom. The SMILES string of the molecule is Cc1csc(C2CN=CN(C)C2)c1. The Labute approximate surface area is 82.9 Å². The van der Waals surface area contributed by atoms with Gasteiger partial charge in [-0.3, -0.25) is 4.99 Å². The summed E-state index contributed by atoms with van der Waals surface area (Å²) in [5.74, 6) is 0.605. The van der Waals surface area contributed by atoms with E-state index in [2.05, 4.69) is 35.3 Å². The van der Waals surface area contributed by atoms with Gasteiger partial charge in [-0.15, -0.1) is 11.3 Å². The van der Waals surface area contributed by atoms with Crippen LogP contribution in [0.15, 0.2) is 16.4 Å². The predicted octanol–water partition coefficient (Wildman–Crippen LogP) is 2.11. The van der Waals surface area contributed by atoms with Crippen LogP contribution in [-0.4, -0.2) is 31.4 Å². The van der Waals surface area contributed by atoms with Gasteiger partial charge in [-0.2, -0.15) is 0 Å². The maximum atomic E-state index is 4.33. The molecule has 1 aliphatic heterocycles. The highest BCUT2D eigenvalue weighted by Gasteiger charge is 2.16. The van der Waals surface area contributed by atoms with E-state index in [-0.39, 0.29) is 0 Å². The van der Waals surface area contributed by atoms with E-state index < -0.39 is 0 Å². The van der Waals surface area contributed by atoms with Crippen molar-refractivity contribution in [2.24, 2.45) is 4.99 Å². The molecule has 0 radical (unpaired) electrons. The summed E-state index contributed by atoms with van der Waals surface area (Å²) in [6.07, 6.45) is 1.93. The van der Waals surface area contributed by atoms with Crippen molar-refractivity contribution in [1.82, 2.24) is 4.90 Å². The molecule has 1 atom stereocenters. The molecule has 0 saturated carbocycles. The standard InChI is InChI=1S/C10H14N2S/c1-8-3-10(13-6-8)9-4-11-7-12(2)5-9/h3,6-7,9H,4-5H2,1-2H3. The van der Waals surface area contributed by atoms with Crippen molar-refractivity contribution in [1.29, 1.82) is 0 Å². The number of nitrogens with zero attached hydrogens (tertiary/aromatic N) is 2. The maximum absolute atomic E-state index is 4.33. The summed E-state index contributed by atoms with van der Waals surface area (Å²) in [5.41, 5.74) is 1.37. The minimum absolute atomic E-state index is 0.605. The minimum Gasteiger partial charge on any atom is -0.365 e. The van der Waals surface area contributed by atoms with Crippen molar-refractivity contribution < 1.29 is 0 Å². The van der Waals surface area contributed by atoms with Gasteiger partial charge >= 0.3 is 0 Å². The van der Waals surface area contributed by atoms with Crippen LogP contribution in [0.1, 0.15) is 16.4 Å². The second kappa shape index (κ2) is 3.50. The van der Waals surface area contributed by atoms with Crippen LogP contribution >= 0.6 is 11.3 Å². The maximum Gasteiger partial charge on any atom is 0.0847 e. The van der Waals surface area contributed by atoms with Gasteiger partial charge in [-0.05, 0) is 23.9 Å². The lowest BCUT2D eigenvalue weighted by Crippen LogP contribution is -2.28. The summed E-state index contributed by atoms with van der Waals surface area (Å²) in [4.78, 5) is 7.96. The van der Waals surface area contributed by atoms with Crippen LogP contribution in [0.5, 0.6) is 0 Å². The fraction of sp³-hybridized carbons (Fsp3) is 0.500. The Morgan fingerprint density at radius 3 is 3.08 bits per heavy atom. The first-order valence-corrected chi connectivity index (χ1v) is 5.39. The van der Waals surface area contributed by atoms with Gasteiger partial charge in [0.15, 0.2) is 0 Å². The van der Waals surface area contributed by atoms with E-state index in [4.69, 9.17) is 0 Å². The van der Waals surface area contributed by atoms with E-state index in [0.717, 1.165) is 13.1 Å². The second-order valence-corrected chi connectivity index (χ2v) is 4.59. The summed E-state index contributed by atoms with van der Waals surface area (Å²) in [6.45, 7) is 4.20. The summed E-state index contributed by atoms with van der Waals surface area (Å²) >= 11 is 1.86. The first-order valence-electron chi connectivity index (χ1n) is 4.51. The minimum atomic E-state index is 0.605. The molecular formula is C10H14N2S. The molecule has 2 nitrogen and oxygen atoms in total. The third-order valence-corrected chi connectivity index (χ3v) is 3.48. The van der Waals surface area contributed by atoms with Gasteiger partial charge in [-0.25, -0.2) is 0 Å². The number of hydrogen-bond acceptors (Lipinski definition) is 3. The molecule has 1 unspecified atom stereocenters. The van der Waals surface area contributed by atoms with Gasteiger partial charge in [0.1, 0.15) is 0 Å². The summed E-state index contributed by atoms with van der Waals surface area (Å²) < 4.78 is 0. The first kappa shape index (κ1) is 8.75. The van der Waals surface area contributed by atoms with Crippen molar-refractivity contribution >= 4 is 17.7 Å². The van der Waals surface area contributed by atoms with Gasteiger partial charge in [0.05, 0.1) is 6.34 Å². The van der Waals surface area contributed by atoms with E-state index in [1.807, 2.05) is 17.7 Å². The Balaban J connectivity index is 2.14. The highest BCUT2D eigenvalue weighted by Crippen LogP contribution is 2.25. The zero-order valence-corrected chi connectivity index (χ0v) is 8.84. The lowest BCUT2D eigenvalue weighted by molar-refractivity contribution is 0.443. The van der Waals surface area contributed by atoms with Crippen molar-refractivity contribution in [3.63, 3.8) is 0 Å². The first-order chi connectivity index (χ1) is 6.25. The molecule has 1 aromatic rings. The van der Waals surface area contributed by atoms with Crippen molar-refractivity contribution in [3.05, 3.63) is 21.9 Å². The molecule has 0 N–H and O–H groups in total. The molecule has 13 heavy (non-hydrogen) atoms. The summed E-state index contributed by atoms with van der Waals surface area (Å²) in [5, 5.41) is 2.22. The number of thiophene rings is 1. The van der Waals surface area contributed by atoms with Crippen molar-refractivity contribution in [2.75, 3.05) is 20.1 Å². The van der Waals surface area contributed by atoms with Gasteiger partial charge < -0.3 is 4.90 Å². The highest BCUT2D eigenvalue weighted by molar-refractivity contribution is 7.10. The Morgan fingerprint density at radius 1 is 1.62 bits per heavy atom. The summed E-state index contributed by atoms with van der Waals surface area (Å²) in [6, 6.07) is 2.28. The number of hydrogen-bond donors (Lipinski definition) is 0. The Kier molecular flexibility index (Phi) is 2.36. The van der Waals surface area contributed by atoms with Gasteiger partial charge in [0.25, 0.3) is 0 Å². The molecule has 2 rings (SSSR count). The van der Waals surface area contributed by atoms with E-state index in [9.17, 15) is 0 Å². The fourth-order valence-corrected chi connectivity index (χ4v) is 2.60. The molecule has 1 aromatic heterocycles. The number of aryl methyl sites for hydroxylation is 1.